The molecule has 3 nitrogen and oxygen atoms in total. The highest BCUT2D eigenvalue weighted by Crippen LogP contribution is 2.22. The van der Waals surface area contributed by atoms with Gasteiger partial charge >= 0.3 is 0 Å². The predicted molar refractivity (Wildman–Crippen MR) is 76.6 cm³/mol. The second-order valence-electron chi connectivity index (χ2n) is 5.49. The monoisotopic (exact) mass is 247 g/mol. The van der Waals surface area contributed by atoms with Crippen LogP contribution < -0.4 is 5.73 Å². The molecule has 0 amide bonds. The van der Waals surface area contributed by atoms with Crippen molar-refractivity contribution in [2.24, 2.45) is 5.73 Å². The highest BCUT2D eigenvalue weighted by atomic mass is 15.2. The lowest BCUT2D eigenvalue weighted by Gasteiger charge is -2.36. The Morgan fingerprint density at radius 1 is 1.28 bits per heavy atom. The Labute approximate surface area is 111 Å². The molecule has 1 aliphatic rings. The summed E-state index contributed by atoms with van der Waals surface area (Å²) in [6, 6.07) is 9.28. The molecule has 1 aliphatic heterocycles. The van der Waals surface area contributed by atoms with Crippen LogP contribution in [0.3, 0.4) is 0 Å². The van der Waals surface area contributed by atoms with Gasteiger partial charge in [0.2, 0.25) is 0 Å². The first kappa shape index (κ1) is 13.5. The highest BCUT2D eigenvalue weighted by molar-refractivity contribution is 5.30. The summed E-state index contributed by atoms with van der Waals surface area (Å²) in [6.45, 7) is 4.12. The molecule has 1 aromatic carbocycles. The van der Waals surface area contributed by atoms with Gasteiger partial charge in [0.1, 0.15) is 0 Å². The lowest BCUT2D eigenvalue weighted by atomic mass is 9.94. The number of rotatable bonds is 5. The lowest BCUT2D eigenvalue weighted by Crippen LogP contribution is -2.45. The molecule has 100 valence electrons. The molecule has 1 unspecified atom stereocenters. The predicted octanol–water partition coefficient (Wildman–Crippen LogP) is 1.32. The van der Waals surface area contributed by atoms with Crippen LogP contribution >= 0.6 is 0 Å². The SMILES string of the molecule is CN(C)CCCN1Cc2ccccc2CC1CN. The van der Waals surface area contributed by atoms with Crippen LogP contribution in [0.2, 0.25) is 0 Å². The zero-order chi connectivity index (χ0) is 13.0. The van der Waals surface area contributed by atoms with Crippen molar-refractivity contribution in [3.05, 3.63) is 35.4 Å². The maximum atomic E-state index is 5.93. The lowest BCUT2D eigenvalue weighted by molar-refractivity contribution is 0.168. The normalized spacial score (nSPS) is 20.1. The molecule has 0 fully saturated rings. The zero-order valence-corrected chi connectivity index (χ0v) is 11.6. The van der Waals surface area contributed by atoms with Gasteiger partial charge in [-0.05, 0) is 44.6 Å². The fourth-order valence-electron chi connectivity index (χ4n) is 2.73. The van der Waals surface area contributed by atoms with Crippen molar-refractivity contribution < 1.29 is 0 Å². The van der Waals surface area contributed by atoms with E-state index in [1.807, 2.05) is 0 Å². The summed E-state index contributed by atoms with van der Waals surface area (Å²) >= 11 is 0. The average Bonchev–Trinajstić information content (AvgIpc) is 2.37. The molecule has 1 heterocycles. The Kier molecular flexibility index (Phi) is 4.75. The van der Waals surface area contributed by atoms with Gasteiger partial charge in [-0.1, -0.05) is 24.3 Å². The third-order valence-corrected chi connectivity index (χ3v) is 3.79. The minimum atomic E-state index is 0.516. The highest BCUT2D eigenvalue weighted by Gasteiger charge is 2.24. The van der Waals surface area contributed by atoms with Crippen LogP contribution in [0, 0.1) is 0 Å². The van der Waals surface area contributed by atoms with E-state index in [0.29, 0.717) is 6.04 Å². The van der Waals surface area contributed by atoms with Gasteiger partial charge in [-0.2, -0.15) is 0 Å². The molecule has 0 aromatic heterocycles. The van der Waals surface area contributed by atoms with Gasteiger partial charge in [0.15, 0.2) is 0 Å². The van der Waals surface area contributed by atoms with Gasteiger partial charge in [0.05, 0.1) is 0 Å². The molecule has 0 saturated heterocycles. The van der Waals surface area contributed by atoms with Crippen LogP contribution in [0.25, 0.3) is 0 Å². The standard InChI is InChI=1S/C15H25N3/c1-17(2)8-5-9-18-12-14-7-4-3-6-13(14)10-15(18)11-16/h3-4,6-7,15H,5,8-12,16H2,1-2H3. The van der Waals surface area contributed by atoms with Crippen LogP contribution in [-0.4, -0.2) is 49.6 Å². The van der Waals surface area contributed by atoms with Crippen LogP contribution in [0.5, 0.6) is 0 Å². The van der Waals surface area contributed by atoms with Gasteiger partial charge in [-0.25, -0.2) is 0 Å². The van der Waals surface area contributed by atoms with E-state index in [1.165, 1.54) is 17.5 Å². The summed E-state index contributed by atoms with van der Waals surface area (Å²) in [5.41, 5.74) is 8.89. The van der Waals surface area contributed by atoms with Gasteiger partial charge in [0.25, 0.3) is 0 Å². The molecule has 2 rings (SSSR count). The third kappa shape index (κ3) is 3.31. The molecule has 0 radical (unpaired) electrons. The molecule has 2 N–H and O–H groups in total. The largest absolute Gasteiger partial charge is 0.329 e. The van der Waals surface area contributed by atoms with Gasteiger partial charge in [0, 0.05) is 25.7 Å². The van der Waals surface area contributed by atoms with Crippen molar-refractivity contribution in [2.75, 3.05) is 33.7 Å². The Balaban J connectivity index is 1.98. The summed E-state index contributed by atoms with van der Waals surface area (Å²) in [6.07, 6.45) is 2.32. The Hall–Kier alpha value is -0.900. The number of nitrogens with two attached hydrogens (primary N) is 1. The zero-order valence-electron chi connectivity index (χ0n) is 11.6. The molecular weight excluding hydrogens is 222 g/mol. The number of benzene rings is 1. The third-order valence-electron chi connectivity index (χ3n) is 3.79. The first-order valence-corrected chi connectivity index (χ1v) is 6.86. The number of hydrogen-bond acceptors (Lipinski definition) is 3. The van der Waals surface area contributed by atoms with Crippen molar-refractivity contribution in [1.82, 2.24) is 9.80 Å². The van der Waals surface area contributed by atoms with Crippen LogP contribution in [-0.2, 0) is 13.0 Å². The van der Waals surface area contributed by atoms with E-state index in [4.69, 9.17) is 5.73 Å². The van der Waals surface area contributed by atoms with E-state index in [9.17, 15) is 0 Å². The number of hydrogen-bond donors (Lipinski definition) is 1. The Morgan fingerprint density at radius 3 is 2.67 bits per heavy atom. The van der Waals surface area contributed by atoms with Crippen molar-refractivity contribution in [3.8, 4) is 0 Å². The second-order valence-corrected chi connectivity index (χ2v) is 5.49. The molecule has 0 spiro atoms. The molecule has 3 heteroatoms. The second kappa shape index (κ2) is 6.32. The molecule has 0 aliphatic carbocycles. The maximum Gasteiger partial charge on any atom is 0.0262 e. The molecular formula is C15H25N3. The fraction of sp³-hybridized carbons (Fsp3) is 0.600. The van der Waals surface area contributed by atoms with E-state index in [0.717, 1.165) is 32.6 Å². The molecule has 1 atom stereocenters. The summed E-state index contributed by atoms with van der Waals surface area (Å²) in [7, 11) is 4.26. The molecule has 18 heavy (non-hydrogen) atoms. The van der Waals surface area contributed by atoms with Crippen LogP contribution in [0.1, 0.15) is 17.5 Å². The molecule has 1 aromatic rings. The van der Waals surface area contributed by atoms with Crippen molar-refractivity contribution in [3.63, 3.8) is 0 Å². The topological polar surface area (TPSA) is 32.5 Å². The van der Waals surface area contributed by atoms with E-state index >= 15 is 0 Å². The van der Waals surface area contributed by atoms with Gasteiger partial charge in [-0.3, -0.25) is 4.90 Å². The van der Waals surface area contributed by atoms with Crippen molar-refractivity contribution >= 4 is 0 Å². The number of fused-ring (bicyclic) bond motifs is 1. The van der Waals surface area contributed by atoms with E-state index in [2.05, 4.69) is 48.2 Å². The molecule has 0 bridgehead atoms. The Bertz CT molecular complexity index is 376. The summed E-state index contributed by atoms with van der Waals surface area (Å²) in [5, 5.41) is 0. The maximum absolute atomic E-state index is 5.93. The minimum absolute atomic E-state index is 0.516. The average molecular weight is 247 g/mol. The first-order chi connectivity index (χ1) is 8.70. The fourth-order valence-corrected chi connectivity index (χ4v) is 2.73. The van der Waals surface area contributed by atoms with E-state index in [1.54, 1.807) is 0 Å². The van der Waals surface area contributed by atoms with Crippen LogP contribution in [0.15, 0.2) is 24.3 Å². The van der Waals surface area contributed by atoms with Crippen molar-refractivity contribution in [1.29, 1.82) is 0 Å². The smallest absolute Gasteiger partial charge is 0.0262 e. The summed E-state index contributed by atoms with van der Waals surface area (Å²) in [4.78, 5) is 4.79. The van der Waals surface area contributed by atoms with Crippen molar-refractivity contribution in [2.45, 2.75) is 25.4 Å². The minimum Gasteiger partial charge on any atom is -0.329 e. The summed E-state index contributed by atoms with van der Waals surface area (Å²) in [5.74, 6) is 0. The Morgan fingerprint density at radius 2 is 2.00 bits per heavy atom. The number of nitrogens with zero attached hydrogens (tertiary/aromatic N) is 2. The molecule has 0 saturated carbocycles. The van der Waals surface area contributed by atoms with Gasteiger partial charge in [-0.15, -0.1) is 0 Å². The summed E-state index contributed by atoms with van der Waals surface area (Å²) < 4.78 is 0. The first-order valence-electron chi connectivity index (χ1n) is 6.86. The van der Waals surface area contributed by atoms with Gasteiger partial charge < -0.3 is 10.6 Å². The van der Waals surface area contributed by atoms with E-state index in [-0.39, 0.29) is 0 Å². The van der Waals surface area contributed by atoms with E-state index < -0.39 is 0 Å². The van der Waals surface area contributed by atoms with Crippen LogP contribution in [0.4, 0.5) is 0 Å². The quantitative estimate of drug-likeness (QED) is 0.852.